The molecule has 0 aromatic heterocycles. The standard InChI is InChI=1S/C13H17ClO/c14-10-11-6-8-13(9-7-11)15-12-4-2-1-3-5-12/h1-4,6,8,11-13H,5,7,9-10H2. The van der Waals surface area contributed by atoms with E-state index in [0.717, 1.165) is 25.1 Å². The van der Waals surface area contributed by atoms with E-state index in [-0.39, 0.29) is 12.2 Å². The van der Waals surface area contributed by atoms with Crippen LogP contribution in [0.25, 0.3) is 0 Å². The van der Waals surface area contributed by atoms with Gasteiger partial charge >= 0.3 is 0 Å². The lowest BCUT2D eigenvalue weighted by Gasteiger charge is -2.25. The van der Waals surface area contributed by atoms with Gasteiger partial charge in [0, 0.05) is 5.88 Å². The van der Waals surface area contributed by atoms with Crippen LogP contribution >= 0.6 is 11.6 Å². The monoisotopic (exact) mass is 224 g/mol. The summed E-state index contributed by atoms with van der Waals surface area (Å²) in [5, 5.41) is 0. The molecule has 0 radical (unpaired) electrons. The molecule has 82 valence electrons. The Morgan fingerprint density at radius 3 is 2.60 bits per heavy atom. The zero-order valence-electron chi connectivity index (χ0n) is 8.81. The van der Waals surface area contributed by atoms with E-state index in [2.05, 4.69) is 36.5 Å². The van der Waals surface area contributed by atoms with Crippen molar-refractivity contribution in [2.45, 2.75) is 31.5 Å². The molecular weight excluding hydrogens is 208 g/mol. The molecular formula is C13H17ClO. The fraction of sp³-hybridized carbons (Fsp3) is 0.538. The van der Waals surface area contributed by atoms with E-state index in [4.69, 9.17) is 16.3 Å². The van der Waals surface area contributed by atoms with Crippen molar-refractivity contribution in [1.82, 2.24) is 0 Å². The third-order valence-corrected chi connectivity index (χ3v) is 3.31. The Bertz CT molecular complexity index is 280. The van der Waals surface area contributed by atoms with Gasteiger partial charge in [0.15, 0.2) is 0 Å². The van der Waals surface area contributed by atoms with Crippen molar-refractivity contribution in [3.8, 4) is 0 Å². The van der Waals surface area contributed by atoms with Crippen molar-refractivity contribution < 1.29 is 4.74 Å². The van der Waals surface area contributed by atoms with Gasteiger partial charge in [-0.1, -0.05) is 36.5 Å². The first-order chi connectivity index (χ1) is 7.38. The van der Waals surface area contributed by atoms with Gasteiger partial charge in [-0.05, 0) is 25.2 Å². The Morgan fingerprint density at radius 1 is 1.07 bits per heavy atom. The highest BCUT2D eigenvalue weighted by Crippen LogP contribution is 2.23. The largest absolute Gasteiger partial charge is 0.367 e. The summed E-state index contributed by atoms with van der Waals surface area (Å²) in [6.45, 7) is 0. The minimum atomic E-state index is 0.261. The normalized spacial score (nSPS) is 34.6. The first kappa shape index (κ1) is 11.0. The molecule has 0 aromatic rings. The number of allylic oxidation sites excluding steroid dienone is 3. The van der Waals surface area contributed by atoms with Gasteiger partial charge in [0.2, 0.25) is 0 Å². The van der Waals surface area contributed by atoms with Gasteiger partial charge in [-0.2, -0.15) is 0 Å². The van der Waals surface area contributed by atoms with Gasteiger partial charge in [-0.3, -0.25) is 0 Å². The van der Waals surface area contributed by atoms with Crippen LogP contribution in [0.4, 0.5) is 0 Å². The van der Waals surface area contributed by atoms with Crippen LogP contribution in [0, 0.1) is 5.92 Å². The molecule has 1 nitrogen and oxygen atoms in total. The summed E-state index contributed by atoms with van der Waals surface area (Å²) in [5.74, 6) is 1.28. The number of rotatable bonds is 3. The van der Waals surface area contributed by atoms with E-state index in [9.17, 15) is 0 Å². The molecule has 0 amide bonds. The zero-order chi connectivity index (χ0) is 10.5. The highest BCUT2D eigenvalue weighted by Gasteiger charge is 2.18. The van der Waals surface area contributed by atoms with E-state index < -0.39 is 0 Å². The van der Waals surface area contributed by atoms with Crippen LogP contribution in [0.5, 0.6) is 0 Å². The second kappa shape index (κ2) is 5.53. The van der Waals surface area contributed by atoms with Crippen LogP contribution in [0.3, 0.4) is 0 Å². The van der Waals surface area contributed by atoms with Crippen molar-refractivity contribution in [2.75, 3.05) is 5.88 Å². The summed E-state index contributed by atoms with van der Waals surface area (Å²) in [6.07, 6.45) is 16.6. The van der Waals surface area contributed by atoms with Crippen molar-refractivity contribution in [3.05, 3.63) is 36.5 Å². The summed E-state index contributed by atoms with van der Waals surface area (Å²) in [6, 6.07) is 0. The molecule has 0 fully saturated rings. The fourth-order valence-electron chi connectivity index (χ4n) is 1.98. The Balaban J connectivity index is 1.81. The first-order valence-electron chi connectivity index (χ1n) is 5.61. The van der Waals surface area contributed by atoms with Gasteiger partial charge < -0.3 is 4.74 Å². The Hall–Kier alpha value is -0.530. The molecule has 2 heteroatoms. The molecule has 0 N–H and O–H groups in total. The van der Waals surface area contributed by atoms with Gasteiger partial charge in [0.25, 0.3) is 0 Å². The molecule has 2 aliphatic rings. The molecule has 0 aliphatic heterocycles. The van der Waals surface area contributed by atoms with Crippen LogP contribution < -0.4 is 0 Å². The molecule has 2 aliphatic carbocycles. The lowest BCUT2D eigenvalue weighted by molar-refractivity contribution is 0.0322. The summed E-state index contributed by atoms with van der Waals surface area (Å²) in [5.41, 5.74) is 0. The van der Waals surface area contributed by atoms with E-state index in [1.807, 2.05) is 0 Å². The zero-order valence-corrected chi connectivity index (χ0v) is 9.57. The molecule has 0 saturated carbocycles. The summed E-state index contributed by atoms with van der Waals surface area (Å²) in [7, 11) is 0. The van der Waals surface area contributed by atoms with Crippen LogP contribution in [-0.2, 0) is 4.74 Å². The molecule has 0 heterocycles. The highest BCUT2D eigenvalue weighted by molar-refractivity contribution is 6.18. The third-order valence-electron chi connectivity index (χ3n) is 2.91. The molecule has 0 spiro atoms. The quantitative estimate of drug-likeness (QED) is 0.527. The predicted octanol–water partition coefficient (Wildman–Crippen LogP) is 3.46. The highest BCUT2D eigenvalue weighted by atomic mass is 35.5. The number of alkyl halides is 1. The maximum Gasteiger partial charge on any atom is 0.0801 e. The van der Waals surface area contributed by atoms with E-state index in [1.54, 1.807) is 0 Å². The topological polar surface area (TPSA) is 9.23 Å². The maximum absolute atomic E-state index is 5.96. The average Bonchev–Trinajstić information content (AvgIpc) is 2.31. The Labute approximate surface area is 96.5 Å². The molecule has 0 bridgehead atoms. The second-order valence-corrected chi connectivity index (χ2v) is 4.45. The molecule has 2 rings (SSSR count). The number of hydrogen-bond donors (Lipinski definition) is 0. The molecule has 0 aromatic carbocycles. The number of ether oxygens (including phenoxy) is 1. The van der Waals surface area contributed by atoms with Crippen molar-refractivity contribution in [2.24, 2.45) is 5.92 Å². The summed E-state index contributed by atoms with van der Waals surface area (Å²) < 4.78 is 5.96. The fourth-order valence-corrected chi connectivity index (χ4v) is 2.23. The SMILES string of the molecule is ClCC1C=CC(OC2C=CC=CC2)CC1. The minimum absolute atomic E-state index is 0.261. The molecule has 3 unspecified atom stereocenters. The first-order valence-corrected chi connectivity index (χ1v) is 6.15. The van der Waals surface area contributed by atoms with Crippen molar-refractivity contribution in [1.29, 1.82) is 0 Å². The van der Waals surface area contributed by atoms with Gasteiger partial charge in [0.1, 0.15) is 0 Å². The summed E-state index contributed by atoms with van der Waals surface area (Å²) in [4.78, 5) is 0. The van der Waals surface area contributed by atoms with Crippen LogP contribution in [0.15, 0.2) is 36.5 Å². The van der Waals surface area contributed by atoms with Gasteiger partial charge in [-0.15, -0.1) is 11.6 Å². The number of hydrogen-bond acceptors (Lipinski definition) is 1. The van der Waals surface area contributed by atoms with E-state index in [0.29, 0.717) is 5.92 Å². The van der Waals surface area contributed by atoms with Crippen molar-refractivity contribution in [3.63, 3.8) is 0 Å². The molecule has 0 saturated heterocycles. The van der Waals surface area contributed by atoms with Crippen LogP contribution in [-0.4, -0.2) is 18.1 Å². The Morgan fingerprint density at radius 2 is 2.00 bits per heavy atom. The smallest absolute Gasteiger partial charge is 0.0801 e. The lowest BCUT2D eigenvalue weighted by atomic mass is 9.95. The predicted molar refractivity (Wildman–Crippen MR) is 64.1 cm³/mol. The average molecular weight is 225 g/mol. The van der Waals surface area contributed by atoms with Crippen molar-refractivity contribution >= 4 is 11.6 Å². The van der Waals surface area contributed by atoms with Gasteiger partial charge in [0.05, 0.1) is 12.2 Å². The Kier molecular flexibility index (Phi) is 4.04. The maximum atomic E-state index is 5.96. The van der Waals surface area contributed by atoms with E-state index in [1.165, 1.54) is 0 Å². The summed E-state index contributed by atoms with van der Waals surface area (Å²) >= 11 is 5.81. The second-order valence-electron chi connectivity index (χ2n) is 4.14. The third kappa shape index (κ3) is 3.22. The lowest BCUT2D eigenvalue weighted by Crippen LogP contribution is -2.23. The van der Waals surface area contributed by atoms with Crippen LogP contribution in [0.2, 0.25) is 0 Å². The van der Waals surface area contributed by atoms with Gasteiger partial charge in [-0.25, -0.2) is 0 Å². The molecule has 15 heavy (non-hydrogen) atoms. The molecule has 3 atom stereocenters. The van der Waals surface area contributed by atoms with Crippen LogP contribution in [0.1, 0.15) is 19.3 Å². The minimum Gasteiger partial charge on any atom is -0.367 e. The van der Waals surface area contributed by atoms with E-state index >= 15 is 0 Å². The number of halogens is 1.